The molecule has 3 rings (SSSR count). The van der Waals surface area contributed by atoms with Crippen molar-refractivity contribution in [2.45, 2.75) is 26.8 Å². The number of pyridine rings is 1. The molecule has 0 aliphatic rings. The van der Waals surface area contributed by atoms with Gasteiger partial charge in [0.1, 0.15) is 11.3 Å². The Morgan fingerprint density at radius 1 is 1.03 bits per heavy atom. The zero-order valence-electron chi connectivity index (χ0n) is 16.3. The molecule has 0 atom stereocenters. The van der Waals surface area contributed by atoms with Crippen molar-refractivity contribution in [2.75, 3.05) is 11.9 Å². The zero-order valence-corrected chi connectivity index (χ0v) is 16.3. The van der Waals surface area contributed by atoms with Gasteiger partial charge in [-0.1, -0.05) is 25.1 Å². The highest BCUT2D eigenvalue weighted by molar-refractivity contribution is 6.16. The fourth-order valence-electron chi connectivity index (χ4n) is 3.15. The topological polar surface area (TPSA) is 97.6 Å². The molecule has 1 heterocycles. The third-order valence-electron chi connectivity index (χ3n) is 4.48. The number of aryl methyl sites for hydroxylation is 1. The number of aromatic hydroxyl groups is 1. The monoisotopic (exact) mass is 394 g/mol. The summed E-state index contributed by atoms with van der Waals surface area (Å²) in [7, 11) is 0. The van der Waals surface area contributed by atoms with E-state index >= 15 is 0 Å². The molecule has 1 aromatic heterocycles. The summed E-state index contributed by atoms with van der Waals surface area (Å²) in [6.45, 7) is 4.18. The standard InChI is InChI=1S/C22H22N2O5/c1-3-13-29-22(28)18-16-7-5-6-8-17(16)24(4-2)21(27)19(18)20(26)23-14-9-11-15(25)12-10-14/h5-12,25H,3-4,13H2,1-2H3,(H,23,26). The fourth-order valence-corrected chi connectivity index (χ4v) is 3.15. The van der Waals surface area contributed by atoms with Gasteiger partial charge >= 0.3 is 5.97 Å². The number of nitrogens with zero attached hydrogens (tertiary/aromatic N) is 1. The van der Waals surface area contributed by atoms with Crippen molar-refractivity contribution in [1.82, 2.24) is 4.57 Å². The Labute approximate surface area is 167 Å². The summed E-state index contributed by atoms with van der Waals surface area (Å²) in [5.74, 6) is -1.37. The van der Waals surface area contributed by atoms with Crippen LogP contribution in [0.3, 0.4) is 0 Å². The highest BCUT2D eigenvalue weighted by Gasteiger charge is 2.27. The molecule has 2 N–H and O–H groups in total. The summed E-state index contributed by atoms with van der Waals surface area (Å²) in [4.78, 5) is 39.0. The quantitative estimate of drug-likeness (QED) is 0.492. The smallest absolute Gasteiger partial charge is 0.339 e. The molecule has 2 aromatic carbocycles. The SMILES string of the molecule is CCCOC(=O)c1c(C(=O)Nc2ccc(O)cc2)c(=O)n(CC)c2ccccc12. The maximum atomic E-state index is 13.2. The average Bonchev–Trinajstić information content (AvgIpc) is 2.72. The van der Waals surface area contributed by atoms with Crippen molar-refractivity contribution < 1.29 is 19.4 Å². The van der Waals surface area contributed by atoms with Gasteiger partial charge in [-0.15, -0.1) is 0 Å². The van der Waals surface area contributed by atoms with E-state index in [2.05, 4.69) is 5.32 Å². The first-order chi connectivity index (χ1) is 14.0. The summed E-state index contributed by atoms with van der Waals surface area (Å²) in [6.07, 6.45) is 0.616. The Morgan fingerprint density at radius 2 is 1.72 bits per heavy atom. The van der Waals surface area contributed by atoms with E-state index in [1.54, 1.807) is 31.2 Å². The minimum atomic E-state index is -0.711. The van der Waals surface area contributed by atoms with E-state index in [1.807, 2.05) is 6.92 Å². The number of phenolic OH excluding ortho intramolecular Hbond substituents is 1. The number of esters is 1. The lowest BCUT2D eigenvalue weighted by atomic mass is 10.0. The van der Waals surface area contributed by atoms with Crippen LogP contribution in [0.1, 0.15) is 41.0 Å². The average molecular weight is 394 g/mol. The van der Waals surface area contributed by atoms with E-state index < -0.39 is 17.4 Å². The number of fused-ring (bicyclic) bond motifs is 1. The third-order valence-corrected chi connectivity index (χ3v) is 4.48. The van der Waals surface area contributed by atoms with Gasteiger partial charge in [-0.25, -0.2) is 4.79 Å². The van der Waals surface area contributed by atoms with Crippen LogP contribution >= 0.6 is 0 Å². The summed E-state index contributed by atoms with van der Waals surface area (Å²) in [5, 5.41) is 12.5. The molecular formula is C22H22N2O5. The van der Waals surface area contributed by atoms with E-state index in [0.29, 0.717) is 29.6 Å². The van der Waals surface area contributed by atoms with E-state index in [9.17, 15) is 19.5 Å². The van der Waals surface area contributed by atoms with E-state index in [4.69, 9.17) is 4.74 Å². The van der Waals surface area contributed by atoms with Gasteiger partial charge in [-0.2, -0.15) is 0 Å². The lowest BCUT2D eigenvalue weighted by Crippen LogP contribution is -2.33. The molecular weight excluding hydrogens is 372 g/mol. The number of carbonyl (C=O) groups excluding carboxylic acids is 2. The highest BCUT2D eigenvalue weighted by atomic mass is 16.5. The van der Waals surface area contributed by atoms with Gasteiger partial charge in [0.25, 0.3) is 11.5 Å². The number of ether oxygens (including phenoxy) is 1. The Hall–Kier alpha value is -3.61. The molecule has 150 valence electrons. The zero-order chi connectivity index (χ0) is 21.0. The first-order valence-corrected chi connectivity index (χ1v) is 9.41. The van der Waals surface area contributed by atoms with Gasteiger partial charge < -0.3 is 19.7 Å². The summed E-state index contributed by atoms with van der Waals surface area (Å²) >= 11 is 0. The molecule has 0 saturated carbocycles. The molecule has 0 spiro atoms. The summed E-state index contributed by atoms with van der Waals surface area (Å²) < 4.78 is 6.73. The number of para-hydroxylation sites is 1. The van der Waals surface area contributed by atoms with Crippen molar-refractivity contribution in [3.63, 3.8) is 0 Å². The number of carbonyl (C=O) groups is 2. The molecule has 0 radical (unpaired) electrons. The van der Waals surface area contributed by atoms with Gasteiger partial charge in [-0.05, 0) is 43.7 Å². The summed E-state index contributed by atoms with van der Waals surface area (Å²) in [6, 6.07) is 12.8. The molecule has 0 fully saturated rings. The Morgan fingerprint density at radius 3 is 2.38 bits per heavy atom. The number of aromatic nitrogens is 1. The highest BCUT2D eigenvalue weighted by Crippen LogP contribution is 2.23. The van der Waals surface area contributed by atoms with Gasteiger partial charge in [0.05, 0.1) is 17.7 Å². The van der Waals surface area contributed by atoms with Gasteiger partial charge in [-0.3, -0.25) is 9.59 Å². The molecule has 7 nitrogen and oxygen atoms in total. The second-order valence-electron chi connectivity index (χ2n) is 6.45. The number of phenols is 1. The number of hydrogen-bond acceptors (Lipinski definition) is 5. The molecule has 0 bridgehead atoms. The first kappa shape index (κ1) is 20.1. The predicted octanol–water partition coefficient (Wildman–Crippen LogP) is 3.55. The van der Waals surface area contributed by atoms with Crippen LogP contribution in [0.4, 0.5) is 5.69 Å². The second kappa shape index (κ2) is 8.60. The van der Waals surface area contributed by atoms with Gasteiger partial charge in [0.15, 0.2) is 0 Å². The maximum absolute atomic E-state index is 13.2. The molecule has 0 aliphatic carbocycles. The van der Waals surface area contributed by atoms with E-state index in [-0.39, 0.29) is 23.5 Å². The Bertz CT molecular complexity index is 1120. The summed E-state index contributed by atoms with van der Waals surface area (Å²) in [5.41, 5.74) is 0.0756. The number of benzene rings is 2. The lowest BCUT2D eigenvalue weighted by Gasteiger charge is -2.16. The molecule has 3 aromatic rings. The van der Waals surface area contributed by atoms with Crippen LogP contribution < -0.4 is 10.9 Å². The minimum absolute atomic E-state index is 0.0416. The normalized spacial score (nSPS) is 10.7. The van der Waals surface area contributed by atoms with E-state index in [1.165, 1.54) is 28.8 Å². The van der Waals surface area contributed by atoms with E-state index in [0.717, 1.165) is 0 Å². The van der Waals surface area contributed by atoms with Crippen LogP contribution in [-0.4, -0.2) is 28.2 Å². The number of rotatable bonds is 6. The number of hydrogen-bond donors (Lipinski definition) is 2. The molecule has 0 saturated heterocycles. The predicted molar refractivity (Wildman–Crippen MR) is 111 cm³/mol. The number of anilines is 1. The second-order valence-corrected chi connectivity index (χ2v) is 6.45. The van der Waals surface area contributed by atoms with Crippen LogP contribution in [0.5, 0.6) is 5.75 Å². The fraction of sp³-hybridized carbons (Fsp3) is 0.227. The van der Waals surface area contributed by atoms with Crippen molar-refractivity contribution in [1.29, 1.82) is 0 Å². The molecule has 29 heavy (non-hydrogen) atoms. The molecule has 0 aliphatic heterocycles. The lowest BCUT2D eigenvalue weighted by molar-refractivity contribution is 0.0504. The van der Waals surface area contributed by atoms with Crippen LogP contribution in [-0.2, 0) is 11.3 Å². The first-order valence-electron chi connectivity index (χ1n) is 9.41. The minimum Gasteiger partial charge on any atom is -0.508 e. The molecule has 1 amide bonds. The maximum Gasteiger partial charge on any atom is 0.339 e. The Kier molecular flexibility index (Phi) is 5.97. The Balaban J connectivity index is 2.21. The molecule has 7 heteroatoms. The van der Waals surface area contributed by atoms with Gasteiger partial charge in [0.2, 0.25) is 0 Å². The number of amides is 1. The van der Waals surface area contributed by atoms with Crippen molar-refractivity contribution in [3.8, 4) is 5.75 Å². The van der Waals surface area contributed by atoms with Crippen LogP contribution in [0.15, 0.2) is 53.3 Å². The number of nitrogens with one attached hydrogen (secondary N) is 1. The van der Waals surface area contributed by atoms with Crippen molar-refractivity contribution in [2.24, 2.45) is 0 Å². The third kappa shape index (κ3) is 3.99. The van der Waals surface area contributed by atoms with Crippen LogP contribution in [0.25, 0.3) is 10.9 Å². The van der Waals surface area contributed by atoms with Gasteiger partial charge in [0, 0.05) is 17.6 Å². The largest absolute Gasteiger partial charge is 0.508 e. The van der Waals surface area contributed by atoms with Crippen molar-refractivity contribution in [3.05, 3.63) is 70.0 Å². The van der Waals surface area contributed by atoms with Crippen LogP contribution in [0, 0.1) is 0 Å². The van der Waals surface area contributed by atoms with Crippen molar-refractivity contribution >= 4 is 28.5 Å². The van der Waals surface area contributed by atoms with Crippen LogP contribution in [0.2, 0.25) is 0 Å². The molecule has 0 unspecified atom stereocenters.